The van der Waals surface area contributed by atoms with Gasteiger partial charge in [-0.25, -0.2) is 12.7 Å². The molecular formula is C18H26N3O3S2+. The number of rotatable bonds is 8. The van der Waals surface area contributed by atoms with Crippen LogP contribution in [-0.2, 0) is 21.4 Å². The van der Waals surface area contributed by atoms with E-state index < -0.39 is 10.0 Å². The second kappa shape index (κ2) is 8.77. The van der Waals surface area contributed by atoms with Gasteiger partial charge < -0.3 is 10.2 Å². The molecule has 1 aromatic carbocycles. The number of thiophene rings is 1. The molecule has 1 heterocycles. The highest BCUT2D eigenvalue weighted by molar-refractivity contribution is 7.89. The maximum absolute atomic E-state index is 12.6. The van der Waals surface area contributed by atoms with Crippen molar-refractivity contribution in [2.45, 2.75) is 31.3 Å². The first-order valence-corrected chi connectivity index (χ1v) is 10.8. The Hall–Kier alpha value is -1.74. The lowest BCUT2D eigenvalue weighted by atomic mass is 10.2. The molecule has 1 amide bonds. The number of carbonyl (C=O) groups is 1. The number of quaternary nitrogens is 1. The molecule has 2 aromatic rings. The molecule has 142 valence electrons. The Morgan fingerprint density at radius 2 is 2.00 bits per heavy atom. The lowest BCUT2D eigenvalue weighted by molar-refractivity contribution is -0.925. The van der Waals surface area contributed by atoms with Crippen LogP contribution < -0.4 is 10.2 Å². The summed E-state index contributed by atoms with van der Waals surface area (Å²) in [6, 6.07) is 10.2. The molecule has 0 spiro atoms. The van der Waals surface area contributed by atoms with Crippen molar-refractivity contribution >= 4 is 33.0 Å². The van der Waals surface area contributed by atoms with Crippen molar-refractivity contribution in [2.24, 2.45) is 0 Å². The topological polar surface area (TPSA) is 70.9 Å². The lowest BCUT2D eigenvalue weighted by Crippen LogP contribution is -3.15. The average Bonchev–Trinajstić information content (AvgIpc) is 3.12. The normalized spacial score (nSPS) is 14.2. The van der Waals surface area contributed by atoms with Crippen LogP contribution in [0.5, 0.6) is 0 Å². The van der Waals surface area contributed by atoms with Crippen molar-refractivity contribution in [1.82, 2.24) is 4.31 Å². The fourth-order valence-corrected chi connectivity index (χ4v) is 4.31. The van der Waals surface area contributed by atoms with Crippen molar-refractivity contribution in [1.29, 1.82) is 0 Å². The first kappa shape index (κ1) is 20.6. The fraction of sp³-hybridized carbons (Fsp3) is 0.389. The molecule has 0 aliphatic rings. The Morgan fingerprint density at radius 3 is 2.58 bits per heavy atom. The van der Waals surface area contributed by atoms with Gasteiger partial charge in [0.25, 0.3) is 5.91 Å². The number of nitrogens with zero attached hydrogens (tertiary/aromatic N) is 1. The smallest absolute Gasteiger partial charge is 0.282 e. The molecule has 0 bridgehead atoms. The van der Waals surface area contributed by atoms with Gasteiger partial charge in [0.2, 0.25) is 10.0 Å². The molecule has 0 aliphatic heterocycles. The number of likely N-dealkylation sites (N-methyl/N-ethyl adjacent to an activating group) is 1. The first-order valence-electron chi connectivity index (χ1n) is 8.46. The van der Waals surface area contributed by atoms with Gasteiger partial charge in [0.1, 0.15) is 6.54 Å². The highest BCUT2D eigenvalue weighted by atomic mass is 32.2. The van der Waals surface area contributed by atoms with Gasteiger partial charge in [0.15, 0.2) is 6.04 Å². The van der Waals surface area contributed by atoms with Gasteiger partial charge in [-0.1, -0.05) is 12.1 Å². The Balaban J connectivity index is 2.11. The summed E-state index contributed by atoms with van der Waals surface area (Å²) >= 11 is 1.68. The van der Waals surface area contributed by atoms with Crippen LogP contribution in [0.15, 0.2) is 46.7 Å². The molecule has 0 aliphatic carbocycles. The summed E-state index contributed by atoms with van der Waals surface area (Å²) in [5.41, 5.74) is 0.483. The molecule has 0 fully saturated rings. The third kappa shape index (κ3) is 4.91. The largest absolute Gasteiger partial charge is 0.321 e. The van der Waals surface area contributed by atoms with Crippen LogP contribution in [0, 0.1) is 0 Å². The summed E-state index contributed by atoms with van der Waals surface area (Å²) in [7, 11) is -0.569. The third-order valence-electron chi connectivity index (χ3n) is 4.32. The molecule has 1 aromatic heterocycles. The van der Waals surface area contributed by atoms with Crippen LogP contribution in [0.3, 0.4) is 0 Å². The highest BCUT2D eigenvalue weighted by Crippen LogP contribution is 2.18. The Kier molecular flexibility index (Phi) is 6.94. The Bertz CT molecular complexity index is 833. The minimum atomic E-state index is -3.53. The minimum Gasteiger partial charge on any atom is -0.321 e. The van der Waals surface area contributed by atoms with Crippen LogP contribution in [0.25, 0.3) is 0 Å². The lowest BCUT2D eigenvalue weighted by Gasteiger charge is -2.23. The predicted molar refractivity (Wildman–Crippen MR) is 105 cm³/mol. The van der Waals surface area contributed by atoms with Gasteiger partial charge in [-0.2, -0.15) is 0 Å². The molecular weight excluding hydrogens is 370 g/mol. The highest BCUT2D eigenvalue weighted by Gasteiger charge is 2.25. The second-order valence-electron chi connectivity index (χ2n) is 6.29. The van der Waals surface area contributed by atoms with E-state index in [4.69, 9.17) is 0 Å². The van der Waals surface area contributed by atoms with E-state index in [1.807, 2.05) is 18.4 Å². The van der Waals surface area contributed by atoms with Crippen LogP contribution >= 0.6 is 11.3 Å². The molecule has 0 saturated carbocycles. The minimum absolute atomic E-state index is 0.127. The van der Waals surface area contributed by atoms with Gasteiger partial charge in [-0.05, 0) is 43.5 Å². The summed E-state index contributed by atoms with van der Waals surface area (Å²) in [5.74, 6) is -0.127. The zero-order valence-electron chi connectivity index (χ0n) is 15.5. The predicted octanol–water partition coefficient (Wildman–Crippen LogP) is 1.43. The van der Waals surface area contributed by atoms with Crippen LogP contribution in [0.1, 0.15) is 18.7 Å². The number of sulfonamides is 1. The van der Waals surface area contributed by atoms with Gasteiger partial charge >= 0.3 is 0 Å². The van der Waals surface area contributed by atoms with E-state index in [2.05, 4.69) is 18.3 Å². The van der Waals surface area contributed by atoms with E-state index in [1.54, 1.807) is 23.5 Å². The number of carbonyl (C=O) groups excluding carboxylic acids is 1. The summed E-state index contributed by atoms with van der Waals surface area (Å²) in [4.78, 5) is 15.2. The number of amides is 1. The molecule has 0 saturated heterocycles. The molecule has 8 heteroatoms. The number of benzene rings is 1. The van der Waals surface area contributed by atoms with E-state index in [0.29, 0.717) is 5.69 Å². The van der Waals surface area contributed by atoms with Crippen molar-refractivity contribution in [3.05, 3.63) is 46.7 Å². The van der Waals surface area contributed by atoms with Crippen molar-refractivity contribution in [3.8, 4) is 0 Å². The summed E-state index contributed by atoms with van der Waals surface area (Å²) in [5, 5.41) is 4.88. The maximum Gasteiger partial charge on any atom is 0.282 e. The number of nitrogens with one attached hydrogen (secondary N) is 2. The maximum atomic E-state index is 12.6. The molecule has 0 radical (unpaired) electrons. The van der Waals surface area contributed by atoms with E-state index in [9.17, 15) is 13.2 Å². The van der Waals surface area contributed by atoms with E-state index in [-0.39, 0.29) is 16.8 Å². The fourth-order valence-electron chi connectivity index (χ4n) is 2.60. The number of hydrogen-bond donors (Lipinski definition) is 2. The SMILES string of the molecule is CC[NH+](Cc1cccs1)[C@@H](C)C(=O)Nc1cccc(S(=O)(=O)N(C)C)c1. The van der Waals surface area contributed by atoms with Gasteiger partial charge in [-0.15, -0.1) is 11.3 Å². The number of hydrogen-bond acceptors (Lipinski definition) is 4. The first-order chi connectivity index (χ1) is 12.3. The molecule has 6 nitrogen and oxygen atoms in total. The number of anilines is 1. The molecule has 2 N–H and O–H groups in total. The van der Waals surface area contributed by atoms with E-state index in [0.717, 1.165) is 22.3 Å². The van der Waals surface area contributed by atoms with Crippen LogP contribution in [0.4, 0.5) is 5.69 Å². The zero-order valence-corrected chi connectivity index (χ0v) is 17.2. The summed E-state index contributed by atoms with van der Waals surface area (Å²) in [6.07, 6.45) is 0. The second-order valence-corrected chi connectivity index (χ2v) is 9.48. The molecule has 1 unspecified atom stereocenters. The van der Waals surface area contributed by atoms with E-state index >= 15 is 0 Å². The van der Waals surface area contributed by atoms with Crippen molar-refractivity contribution < 1.29 is 18.1 Å². The third-order valence-corrected chi connectivity index (χ3v) is 7.01. The molecule has 26 heavy (non-hydrogen) atoms. The average molecular weight is 397 g/mol. The Morgan fingerprint density at radius 1 is 1.27 bits per heavy atom. The van der Waals surface area contributed by atoms with Gasteiger partial charge in [-0.3, -0.25) is 4.79 Å². The summed E-state index contributed by atoms with van der Waals surface area (Å²) < 4.78 is 25.6. The van der Waals surface area contributed by atoms with Gasteiger partial charge in [0.05, 0.1) is 16.3 Å². The van der Waals surface area contributed by atoms with Crippen LogP contribution in [-0.4, -0.2) is 45.3 Å². The van der Waals surface area contributed by atoms with Crippen molar-refractivity contribution in [3.63, 3.8) is 0 Å². The van der Waals surface area contributed by atoms with E-state index in [1.165, 1.54) is 31.1 Å². The van der Waals surface area contributed by atoms with Gasteiger partial charge in [0, 0.05) is 19.8 Å². The van der Waals surface area contributed by atoms with Crippen molar-refractivity contribution in [2.75, 3.05) is 26.0 Å². The molecule has 2 atom stereocenters. The quantitative estimate of drug-likeness (QED) is 0.709. The molecule has 2 rings (SSSR count). The summed E-state index contributed by atoms with van der Waals surface area (Å²) in [6.45, 7) is 5.55. The Labute approximate surface area is 159 Å². The standard InChI is InChI=1S/C18H25N3O3S2/c1-5-21(13-16-9-7-11-25-16)14(2)18(22)19-15-8-6-10-17(12-15)26(23,24)20(3)4/h6-12,14H,5,13H2,1-4H3,(H,19,22)/p+1/t14-/m0/s1. The zero-order chi connectivity index (χ0) is 19.3. The van der Waals surface area contributed by atoms with Crippen LogP contribution in [0.2, 0.25) is 0 Å². The monoisotopic (exact) mass is 396 g/mol.